The number of anilines is 1. The third-order valence-electron chi connectivity index (χ3n) is 5.01. The van der Waals surface area contributed by atoms with Crippen molar-refractivity contribution in [1.82, 2.24) is 4.90 Å². The third kappa shape index (κ3) is 4.27. The summed E-state index contributed by atoms with van der Waals surface area (Å²) in [4.78, 5) is 24.1. The van der Waals surface area contributed by atoms with E-state index in [9.17, 15) is 4.79 Å². The molecule has 2 aromatic rings. The number of carbonyl (C=O) groups is 1. The third-order valence-corrected chi connectivity index (χ3v) is 7.66. The molecule has 0 radical (unpaired) electrons. The molecule has 2 aliphatic rings. The molecule has 0 unspecified atom stereocenters. The smallest absolute Gasteiger partial charge is 0.269 e. The Morgan fingerprint density at radius 3 is 2.57 bits per heavy atom. The molecule has 0 saturated carbocycles. The Kier molecular flexibility index (Phi) is 6.76. The highest BCUT2D eigenvalue weighted by Gasteiger charge is 2.39. The second-order valence-electron chi connectivity index (χ2n) is 7.09. The highest BCUT2D eigenvalue weighted by Crippen LogP contribution is 2.51. The fraction of sp³-hybridized carbons (Fsp3) is 0.304. The molecule has 2 aromatic carbocycles. The molecule has 1 amide bonds. The Morgan fingerprint density at radius 2 is 1.83 bits per heavy atom. The SMILES string of the molecule is CCCCN1C(=O)/C(=C2/Sc3ccc(Cl)cc3N2CC)SC1=NCc1ccccc1. The second kappa shape index (κ2) is 9.50. The van der Waals surface area contributed by atoms with Crippen molar-refractivity contribution in [2.75, 3.05) is 18.0 Å². The molecular weight excluding hydrogens is 434 g/mol. The van der Waals surface area contributed by atoms with Gasteiger partial charge in [-0.1, -0.05) is 67.0 Å². The van der Waals surface area contributed by atoms with Gasteiger partial charge in [-0.25, -0.2) is 0 Å². The summed E-state index contributed by atoms with van der Waals surface area (Å²) in [5.74, 6) is 0.0557. The molecule has 2 heterocycles. The number of benzene rings is 2. The maximum atomic E-state index is 13.4. The Morgan fingerprint density at radius 1 is 1.03 bits per heavy atom. The summed E-state index contributed by atoms with van der Waals surface area (Å²) in [6.07, 6.45) is 1.99. The standard InChI is InChI=1S/C23H24ClN3OS2/c1-3-5-13-27-21(28)20(30-23(27)25-15-16-9-7-6-8-10-16)22-26(4-2)18-14-17(24)11-12-19(18)29-22/h6-12,14H,3-5,13,15H2,1-2H3/b22-20-,25-23?. The lowest BCUT2D eigenvalue weighted by Crippen LogP contribution is -2.31. The lowest BCUT2D eigenvalue weighted by atomic mass is 10.2. The van der Waals surface area contributed by atoms with E-state index in [-0.39, 0.29) is 5.91 Å². The minimum absolute atomic E-state index is 0.0557. The van der Waals surface area contributed by atoms with E-state index in [1.165, 1.54) is 11.8 Å². The summed E-state index contributed by atoms with van der Waals surface area (Å²) in [6.45, 7) is 6.28. The van der Waals surface area contributed by atoms with Crippen LogP contribution in [0.15, 0.2) is 68.4 Å². The molecule has 4 rings (SSSR count). The zero-order chi connectivity index (χ0) is 21.1. The van der Waals surface area contributed by atoms with Crippen LogP contribution in [0.2, 0.25) is 5.02 Å². The van der Waals surface area contributed by atoms with Crippen LogP contribution in [-0.2, 0) is 11.3 Å². The Balaban J connectivity index is 1.67. The maximum Gasteiger partial charge on any atom is 0.269 e. The number of halogens is 1. The average Bonchev–Trinajstić information content (AvgIpc) is 3.27. The minimum Gasteiger partial charge on any atom is -0.334 e. The summed E-state index contributed by atoms with van der Waals surface area (Å²) in [5, 5.41) is 2.49. The average molecular weight is 458 g/mol. The van der Waals surface area contributed by atoms with Gasteiger partial charge in [-0.15, -0.1) is 0 Å². The predicted octanol–water partition coefficient (Wildman–Crippen LogP) is 6.37. The molecule has 1 fully saturated rings. The number of carbonyl (C=O) groups excluding carboxylic acids is 1. The summed E-state index contributed by atoms with van der Waals surface area (Å²) >= 11 is 9.38. The summed E-state index contributed by atoms with van der Waals surface area (Å²) in [5.41, 5.74) is 2.21. The molecule has 7 heteroatoms. The van der Waals surface area contributed by atoms with E-state index in [0.717, 1.165) is 50.6 Å². The van der Waals surface area contributed by atoms with Crippen molar-refractivity contribution in [3.05, 3.63) is 69.1 Å². The number of rotatable bonds is 6. The van der Waals surface area contributed by atoms with Crippen LogP contribution in [0.4, 0.5) is 5.69 Å². The maximum absolute atomic E-state index is 13.4. The van der Waals surface area contributed by atoms with Crippen LogP contribution >= 0.6 is 35.1 Å². The van der Waals surface area contributed by atoms with E-state index >= 15 is 0 Å². The van der Waals surface area contributed by atoms with Crippen LogP contribution in [0.5, 0.6) is 0 Å². The van der Waals surface area contributed by atoms with Gasteiger partial charge >= 0.3 is 0 Å². The first-order valence-corrected chi connectivity index (χ1v) is 12.2. The molecule has 1 saturated heterocycles. The van der Waals surface area contributed by atoms with Crippen molar-refractivity contribution >= 4 is 51.9 Å². The molecule has 156 valence electrons. The highest BCUT2D eigenvalue weighted by atomic mass is 35.5. The van der Waals surface area contributed by atoms with Gasteiger partial charge in [0.05, 0.1) is 12.2 Å². The van der Waals surface area contributed by atoms with Gasteiger partial charge in [-0.3, -0.25) is 14.7 Å². The number of hydrogen-bond acceptors (Lipinski definition) is 5. The molecule has 0 atom stereocenters. The van der Waals surface area contributed by atoms with Gasteiger partial charge in [-0.05, 0) is 48.9 Å². The highest BCUT2D eigenvalue weighted by molar-refractivity contribution is 8.19. The van der Waals surface area contributed by atoms with Crippen molar-refractivity contribution in [1.29, 1.82) is 0 Å². The van der Waals surface area contributed by atoms with Gasteiger partial charge in [0.15, 0.2) is 5.17 Å². The summed E-state index contributed by atoms with van der Waals surface area (Å²) < 4.78 is 0. The van der Waals surface area contributed by atoms with Crippen molar-refractivity contribution in [3.63, 3.8) is 0 Å². The van der Waals surface area contributed by atoms with Crippen LogP contribution < -0.4 is 4.90 Å². The Labute approximate surface area is 191 Å². The fourth-order valence-electron chi connectivity index (χ4n) is 3.45. The first-order valence-electron chi connectivity index (χ1n) is 10.2. The van der Waals surface area contributed by atoms with Crippen molar-refractivity contribution in [2.24, 2.45) is 4.99 Å². The molecular formula is C23H24ClN3OS2. The zero-order valence-corrected chi connectivity index (χ0v) is 19.5. The minimum atomic E-state index is 0.0557. The van der Waals surface area contributed by atoms with Crippen LogP contribution in [0.3, 0.4) is 0 Å². The monoisotopic (exact) mass is 457 g/mol. The van der Waals surface area contributed by atoms with E-state index < -0.39 is 0 Å². The summed E-state index contributed by atoms with van der Waals surface area (Å²) in [6, 6.07) is 16.1. The van der Waals surface area contributed by atoms with E-state index in [1.54, 1.807) is 11.8 Å². The first kappa shape index (κ1) is 21.3. The molecule has 30 heavy (non-hydrogen) atoms. The van der Waals surface area contributed by atoms with Gasteiger partial charge in [0.2, 0.25) is 0 Å². The number of amidine groups is 1. The number of fused-ring (bicyclic) bond motifs is 1. The zero-order valence-electron chi connectivity index (χ0n) is 17.1. The van der Waals surface area contributed by atoms with Gasteiger partial charge in [-0.2, -0.15) is 0 Å². The molecule has 4 nitrogen and oxygen atoms in total. The normalized spacial score (nSPS) is 19.8. The fourth-order valence-corrected chi connectivity index (χ4v) is 5.99. The van der Waals surface area contributed by atoms with Crippen LogP contribution in [0.1, 0.15) is 32.3 Å². The number of aliphatic imine (C=N–C) groups is 1. The molecule has 2 aliphatic heterocycles. The van der Waals surface area contributed by atoms with Crippen molar-refractivity contribution < 1.29 is 4.79 Å². The van der Waals surface area contributed by atoms with Gasteiger partial charge in [0.1, 0.15) is 9.93 Å². The van der Waals surface area contributed by atoms with E-state index in [0.29, 0.717) is 18.1 Å². The van der Waals surface area contributed by atoms with E-state index in [1.807, 2.05) is 41.3 Å². The molecule has 0 aromatic heterocycles. The van der Waals surface area contributed by atoms with Crippen LogP contribution in [0, 0.1) is 0 Å². The largest absolute Gasteiger partial charge is 0.334 e. The van der Waals surface area contributed by atoms with Crippen molar-refractivity contribution in [2.45, 2.75) is 38.1 Å². The number of amides is 1. The molecule has 0 bridgehead atoms. The first-order chi connectivity index (χ1) is 14.6. The van der Waals surface area contributed by atoms with E-state index in [4.69, 9.17) is 16.6 Å². The lowest BCUT2D eigenvalue weighted by molar-refractivity contribution is -0.122. The summed E-state index contributed by atoms with van der Waals surface area (Å²) in [7, 11) is 0. The number of unbranched alkanes of at least 4 members (excludes halogenated alkanes) is 1. The topological polar surface area (TPSA) is 35.9 Å². The quantitative estimate of drug-likeness (QED) is 0.472. The molecule has 0 spiro atoms. The number of thioether (sulfide) groups is 2. The Hall–Kier alpha value is -1.89. The van der Waals surface area contributed by atoms with Crippen molar-refractivity contribution in [3.8, 4) is 0 Å². The number of hydrogen-bond donors (Lipinski definition) is 0. The van der Waals surface area contributed by atoms with Crippen LogP contribution in [0.25, 0.3) is 0 Å². The Bertz CT molecular complexity index is 1010. The van der Waals surface area contributed by atoms with Crippen LogP contribution in [-0.4, -0.2) is 29.1 Å². The van der Waals surface area contributed by atoms with E-state index in [2.05, 4.69) is 30.9 Å². The number of nitrogens with zero attached hydrogens (tertiary/aromatic N) is 3. The molecule has 0 aliphatic carbocycles. The van der Waals surface area contributed by atoms with Gasteiger partial charge in [0, 0.05) is 23.0 Å². The second-order valence-corrected chi connectivity index (χ2v) is 9.53. The lowest BCUT2D eigenvalue weighted by Gasteiger charge is -2.19. The van der Waals surface area contributed by atoms with Gasteiger partial charge < -0.3 is 4.90 Å². The molecule has 0 N–H and O–H groups in total. The predicted molar refractivity (Wildman–Crippen MR) is 129 cm³/mol. The van der Waals surface area contributed by atoms with Gasteiger partial charge in [0.25, 0.3) is 5.91 Å².